The van der Waals surface area contributed by atoms with Crippen LogP contribution in [0.4, 0.5) is 4.39 Å². The number of rotatable bonds is 4. The van der Waals surface area contributed by atoms with Crippen molar-refractivity contribution in [3.63, 3.8) is 0 Å². The number of ether oxygens (including phenoxy) is 1. The van der Waals surface area contributed by atoms with Crippen LogP contribution in [0.1, 0.15) is 63.2 Å². The quantitative estimate of drug-likeness (QED) is 0.875. The number of carbonyl (C=O) groups is 2. The molecule has 3 rings (SSSR count). The van der Waals surface area contributed by atoms with Gasteiger partial charge in [-0.3, -0.25) is 14.5 Å². The summed E-state index contributed by atoms with van der Waals surface area (Å²) in [5.41, 5.74) is -0.837. The molecular formula is C21H29FN2O3. The van der Waals surface area contributed by atoms with Gasteiger partial charge in [0, 0.05) is 6.04 Å². The van der Waals surface area contributed by atoms with E-state index in [1.54, 1.807) is 12.1 Å². The highest BCUT2D eigenvalue weighted by atomic mass is 19.1. The number of carbonyl (C=O) groups excluding carboxylic acids is 2. The minimum atomic E-state index is -0.825. The van der Waals surface area contributed by atoms with Crippen LogP contribution in [-0.2, 0) is 9.53 Å². The summed E-state index contributed by atoms with van der Waals surface area (Å²) in [5.74, 6) is -0.895. The van der Waals surface area contributed by atoms with Crippen LogP contribution in [0, 0.1) is 11.7 Å². The molecule has 0 radical (unpaired) electrons. The van der Waals surface area contributed by atoms with Crippen molar-refractivity contribution >= 4 is 11.8 Å². The Balaban J connectivity index is 1.96. The zero-order chi connectivity index (χ0) is 19.6. The molecule has 5 nitrogen and oxygen atoms in total. The Hall–Kier alpha value is -1.95. The molecule has 2 aliphatic rings. The van der Waals surface area contributed by atoms with Crippen molar-refractivity contribution in [1.29, 1.82) is 0 Å². The Kier molecular flexibility index (Phi) is 5.84. The van der Waals surface area contributed by atoms with Crippen LogP contribution in [0.25, 0.3) is 0 Å². The van der Waals surface area contributed by atoms with Gasteiger partial charge in [-0.15, -0.1) is 0 Å². The second kappa shape index (κ2) is 7.97. The Labute approximate surface area is 160 Å². The monoisotopic (exact) mass is 376 g/mol. The molecule has 1 spiro atoms. The maximum atomic E-state index is 14.3. The summed E-state index contributed by atoms with van der Waals surface area (Å²) in [6.07, 6.45) is 4.12. The zero-order valence-corrected chi connectivity index (χ0v) is 16.3. The summed E-state index contributed by atoms with van der Waals surface area (Å²) in [7, 11) is 0. The molecule has 4 atom stereocenters. The van der Waals surface area contributed by atoms with E-state index in [1.807, 2.05) is 13.8 Å². The number of nitrogens with one attached hydrogen (secondary N) is 1. The van der Waals surface area contributed by atoms with Crippen LogP contribution in [0.2, 0.25) is 0 Å². The van der Waals surface area contributed by atoms with Gasteiger partial charge in [-0.2, -0.15) is 0 Å². The fourth-order valence-electron chi connectivity index (χ4n) is 4.21. The molecule has 2 amide bonds. The van der Waals surface area contributed by atoms with Crippen molar-refractivity contribution in [3.05, 3.63) is 35.6 Å². The molecule has 1 aliphatic heterocycles. The van der Waals surface area contributed by atoms with Crippen LogP contribution in [-0.4, -0.2) is 41.1 Å². The molecule has 1 saturated heterocycles. The van der Waals surface area contributed by atoms with Crippen LogP contribution in [0.3, 0.4) is 0 Å². The van der Waals surface area contributed by atoms with Crippen molar-refractivity contribution in [2.75, 3.05) is 6.61 Å². The third kappa shape index (κ3) is 3.86. The Morgan fingerprint density at radius 3 is 2.81 bits per heavy atom. The summed E-state index contributed by atoms with van der Waals surface area (Å²) in [4.78, 5) is 27.7. The standard InChI is InChI=1S/C21H29FN2O3/c1-4-15(3)23-19(25)18-13-27-21(11-7-8-14(2)12-21)24(18)20(26)16-9-5-6-10-17(16)22/h5-6,9-10,14-15,18H,4,7-8,11-13H2,1-3H3,(H,23,25)/t14-,15+,18-,21-/m0/s1. The lowest BCUT2D eigenvalue weighted by atomic mass is 9.83. The molecule has 2 fully saturated rings. The Morgan fingerprint density at radius 2 is 2.15 bits per heavy atom. The Morgan fingerprint density at radius 1 is 1.41 bits per heavy atom. The van der Waals surface area contributed by atoms with E-state index in [9.17, 15) is 14.0 Å². The lowest BCUT2D eigenvalue weighted by Gasteiger charge is -2.43. The van der Waals surface area contributed by atoms with Gasteiger partial charge in [-0.25, -0.2) is 4.39 Å². The summed E-state index contributed by atoms with van der Waals surface area (Å²) < 4.78 is 20.4. The topological polar surface area (TPSA) is 58.6 Å². The van der Waals surface area contributed by atoms with Crippen molar-refractivity contribution < 1.29 is 18.7 Å². The molecule has 148 valence electrons. The summed E-state index contributed by atoms with van der Waals surface area (Å²) in [5, 5.41) is 2.95. The van der Waals surface area contributed by atoms with E-state index >= 15 is 0 Å². The smallest absolute Gasteiger partial charge is 0.259 e. The summed E-state index contributed by atoms with van der Waals surface area (Å²) >= 11 is 0. The molecular weight excluding hydrogens is 347 g/mol. The summed E-state index contributed by atoms with van der Waals surface area (Å²) in [6.45, 7) is 6.19. The van der Waals surface area contributed by atoms with Gasteiger partial charge in [-0.05, 0) is 50.7 Å². The molecule has 6 heteroatoms. The van der Waals surface area contributed by atoms with E-state index in [2.05, 4.69) is 12.2 Å². The normalized spacial score (nSPS) is 29.0. The van der Waals surface area contributed by atoms with Gasteiger partial charge in [0.2, 0.25) is 5.91 Å². The number of halogens is 1. The first-order valence-electron chi connectivity index (χ1n) is 9.90. The fraction of sp³-hybridized carbons (Fsp3) is 0.619. The number of benzene rings is 1. The highest BCUT2D eigenvalue weighted by Gasteiger charge is 2.54. The van der Waals surface area contributed by atoms with Crippen LogP contribution >= 0.6 is 0 Å². The lowest BCUT2D eigenvalue weighted by molar-refractivity contribution is -0.129. The van der Waals surface area contributed by atoms with Gasteiger partial charge in [0.15, 0.2) is 0 Å². The molecule has 1 N–H and O–H groups in total. The highest BCUT2D eigenvalue weighted by Crippen LogP contribution is 2.43. The maximum absolute atomic E-state index is 14.3. The van der Waals surface area contributed by atoms with Gasteiger partial charge in [-0.1, -0.05) is 32.4 Å². The van der Waals surface area contributed by atoms with Gasteiger partial charge in [0.1, 0.15) is 17.6 Å². The van der Waals surface area contributed by atoms with Gasteiger partial charge < -0.3 is 10.1 Å². The van der Waals surface area contributed by atoms with E-state index in [0.717, 1.165) is 19.3 Å². The van der Waals surface area contributed by atoms with Crippen LogP contribution in [0.15, 0.2) is 24.3 Å². The van der Waals surface area contributed by atoms with E-state index in [-0.39, 0.29) is 24.1 Å². The van der Waals surface area contributed by atoms with Gasteiger partial charge >= 0.3 is 0 Å². The minimum absolute atomic E-state index is 0.00439. The predicted octanol–water partition coefficient (Wildman–Crippen LogP) is 3.49. The molecule has 0 bridgehead atoms. The first-order chi connectivity index (χ1) is 12.9. The van der Waals surface area contributed by atoms with Crippen molar-refractivity contribution in [2.24, 2.45) is 5.92 Å². The van der Waals surface area contributed by atoms with Crippen molar-refractivity contribution in [3.8, 4) is 0 Å². The van der Waals surface area contributed by atoms with Crippen molar-refractivity contribution in [2.45, 2.75) is 70.7 Å². The van der Waals surface area contributed by atoms with Gasteiger partial charge in [0.05, 0.1) is 12.2 Å². The first-order valence-corrected chi connectivity index (χ1v) is 9.90. The highest BCUT2D eigenvalue weighted by molar-refractivity contribution is 5.98. The fourth-order valence-corrected chi connectivity index (χ4v) is 4.21. The lowest BCUT2D eigenvalue weighted by Crippen LogP contribution is -2.57. The maximum Gasteiger partial charge on any atom is 0.259 e. The molecule has 0 aromatic heterocycles. The molecule has 1 aromatic rings. The zero-order valence-electron chi connectivity index (χ0n) is 16.3. The van der Waals surface area contributed by atoms with Crippen molar-refractivity contribution in [1.82, 2.24) is 10.2 Å². The number of hydrogen-bond acceptors (Lipinski definition) is 3. The molecule has 1 aliphatic carbocycles. The third-order valence-electron chi connectivity index (χ3n) is 5.82. The SMILES string of the molecule is CC[C@@H](C)NC(=O)[C@@H]1CO[C@]2(CCC[C@H](C)C2)N1C(=O)c1ccccc1F. The second-order valence-corrected chi connectivity index (χ2v) is 7.95. The molecule has 1 heterocycles. The first kappa shape index (κ1) is 19.8. The Bertz CT molecular complexity index is 710. The van der Waals surface area contributed by atoms with Gasteiger partial charge in [0.25, 0.3) is 5.91 Å². The number of nitrogens with zero attached hydrogens (tertiary/aromatic N) is 1. The van der Waals surface area contributed by atoms with Crippen LogP contribution < -0.4 is 5.32 Å². The number of amides is 2. The van der Waals surface area contributed by atoms with E-state index in [0.29, 0.717) is 18.8 Å². The van der Waals surface area contributed by atoms with E-state index < -0.39 is 23.5 Å². The van der Waals surface area contributed by atoms with E-state index in [1.165, 1.54) is 17.0 Å². The third-order valence-corrected chi connectivity index (χ3v) is 5.82. The molecule has 1 aromatic carbocycles. The minimum Gasteiger partial charge on any atom is -0.353 e. The average molecular weight is 376 g/mol. The second-order valence-electron chi connectivity index (χ2n) is 7.95. The molecule has 1 saturated carbocycles. The number of hydrogen-bond donors (Lipinski definition) is 1. The largest absolute Gasteiger partial charge is 0.353 e. The van der Waals surface area contributed by atoms with Crippen LogP contribution in [0.5, 0.6) is 0 Å². The predicted molar refractivity (Wildman–Crippen MR) is 101 cm³/mol. The molecule has 0 unspecified atom stereocenters. The summed E-state index contributed by atoms with van der Waals surface area (Å²) in [6, 6.07) is 5.20. The average Bonchev–Trinajstić information content (AvgIpc) is 2.99. The van der Waals surface area contributed by atoms with E-state index in [4.69, 9.17) is 4.74 Å². The molecule has 27 heavy (non-hydrogen) atoms.